The first-order valence-corrected chi connectivity index (χ1v) is 10.9. The number of aryl methyl sites for hydroxylation is 1. The van der Waals surface area contributed by atoms with Gasteiger partial charge in [0.15, 0.2) is 12.4 Å². The Labute approximate surface area is 166 Å². The van der Waals surface area contributed by atoms with Crippen LogP contribution in [-0.2, 0) is 12.8 Å². The Morgan fingerprint density at radius 2 is 1.85 bits per heavy atom. The molecule has 1 aliphatic heterocycles. The third-order valence-corrected chi connectivity index (χ3v) is 7.38. The highest BCUT2D eigenvalue weighted by atomic mass is 32.1. The van der Waals surface area contributed by atoms with Gasteiger partial charge in [0.05, 0.1) is 4.88 Å². The van der Waals surface area contributed by atoms with E-state index < -0.39 is 0 Å². The maximum absolute atomic E-state index is 13.1. The summed E-state index contributed by atoms with van der Waals surface area (Å²) in [5.41, 5.74) is 2.99. The highest BCUT2D eigenvalue weighted by Crippen LogP contribution is 2.40. The molecule has 2 aliphatic rings. The number of aromatic nitrogens is 1. The second-order valence-electron chi connectivity index (χ2n) is 8.90. The first-order valence-electron chi connectivity index (χ1n) is 10.0. The molecule has 0 spiro atoms. The van der Waals surface area contributed by atoms with Crippen LogP contribution < -0.4 is 9.88 Å². The van der Waals surface area contributed by atoms with Gasteiger partial charge in [0.1, 0.15) is 0 Å². The molecular weight excluding hydrogens is 354 g/mol. The van der Waals surface area contributed by atoms with Gasteiger partial charge >= 0.3 is 0 Å². The van der Waals surface area contributed by atoms with E-state index in [4.69, 9.17) is 0 Å². The van der Waals surface area contributed by atoms with Crippen molar-refractivity contribution in [3.05, 3.63) is 45.9 Å². The SMILES string of the molecule is CC(C)(C)[C@@H]1CCc2sc(C(=O)N3CCN(c4cc[nH+]cc4)CC3)cc2C1. The van der Waals surface area contributed by atoms with Gasteiger partial charge in [-0.25, -0.2) is 4.98 Å². The molecule has 1 amide bonds. The van der Waals surface area contributed by atoms with Crippen LogP contribution in [0.15, 0.2) is 30.6 Å². The van der Waals surface area contributed by atoms with Gasteiger partial charge < -0.3 is 9.80 Å². The smallest absolute Gasteiger partial charge is 0.264 e. The van der Waals surface area contributed by atoms with Crippen molar-refractivity contribution >= 4 is 22.9 Å². The van der Waals surface area contributed by atoms with E-state index in [1.807, 2.05) is 17.3 Å². The van der Waals surface area contributed by atoms with Gasteiger partial charge in [-0.1, -0.05) is 20.8 Å². The van der Waals surface area contributed by atoms with Gasteiger partial charge in [0.25, 0.3) is 5.91 Å². The zero-order chi connectivity index (χ0) is 19.0. The normalized spacial score (nSPS) is 20.5. The highest BCUT2D eigenvalue weighted by Gasteiger charge is 2.31. The molecule has 0 unspecified atom stereocenters. The Morgan fingerprint density at radius 1 is 1.15 bits per heavy atom. The maximum atomic E-state index is 13.1. The van der Waals surface area contributed by atoms with Crippen LogP contribution in [0.2, 0.25) is 0 Å². The highest BCUT2D eigenvalue weighted by molar-refractivity contribution is 7.14. The molecule has 4 nitrogen and oxygen atoms in total. The average molecular weight is 385 g/mol. The molecule has 27 heavy (non-hydrogen) atoms. The molecular formula is C22H30N3OS+. The molecule has 1 N–H and O–H groups in total. The number of aromatic amines is 1. The van der Waals surface area contributed by atoms with Gasteiger partial charge in [-0.3, -0.25) is 4.79 Å². The summed E-state index contributed by atoms with van der Waals surface area (Å²) in [5, 5.41) is 0. The minimum Gasteiger partial charge on any atom is -0.368 e. The standard InChI is InChI=1S/C22H29N3OS/c1-22(2,3)17-4-5-19-16(14-17)15-20(27-19)21(26)25-12-10-24(11-13-25)18-6-8-23-9-7-18/h6-9,15,17H,4-5,10-14H2,1-3H3/p+1/t17-/m1/s1. The molecule has 0 aromatic carbocycles. The van der Waals surface area contributed by atoms with E-state index in [0.717, 1.165) is 43.9 Å². The van der Waals surface area contributed by atoms with E-state index in [9.17, 15) is 4.79 Å². The lowest BCUT2D eigenvalue weighted by molar-refractivity contribution is -0.377. The van der Waals surface area contributed by atoms with Crippen molar-refractivity contribution in [3.63, 3.8) is 0 Å². The van der Waals surface area contributed by atoms with Crippen LogP contribution in [0.5, 0.6) is 0 Å². The van der Waals surface area contributed by atoms with Crippen molar-refractivity contribution < 1.29 is 9.78 Å². The number of piperazine rings is 1. The Bertz CT molecular complexity index is 801. The number of rotatable bonds is 2. The van der Waals surface area contributed by atoms with Gasteiger partial charge in [0.2, 0.25) is 0 Å². The van der Waals surface area contributed by atoms with Crippen LogP contribution in [0.4, 0.5) is 5.69 Å². The van der Waals surface area contributed by atoms with E-state index in [2.05, 4.69) is 48.9 Å². The predicted octanol–water partition coefficient (Wildman–Crippen LogP) is 3.68. The van der Waals surface area contributed by atoms with E-state index in [-0.39, 0.29) is 5.91 Å². The lowest BCUT2D eigenvalue weighted by Crippen LogP contribution is -2.48. The molecule has 2 aromatic heterocycles. The summed E-state index contributed by atoms with van der Waals surface area (Å²) in [6.07, 6.45) is 7.41. The summed E-state index contributed by atoms with van der Waals surface area (Å²) in [5.74, 6) is 0.942. The zero-order valence-corrected chi connectivity index (χ0v) is 17.4. The molecule has 1 atom stereocenters. The molecule has 3 heterocycles. The van der Waals surface area contributed by atoms with E-state index >= 15 is 0 Å². The number of hydrogen-bond donors (Lipinski definition) is 0. The summed E-state index contributed by atoms with van der Waals surface area (Å²) in [7, 11) is 0. The quantitative estimate of drug-likeness (QED) is 0.792. The lowest BCUT2D eigenvalue weighted by Gasteiger charge is -2.35. The number of fused-ring (bicyclic) bond motifs is 1. The number of carbonyl (C=O) groups excluding carboxylic acids is 1. The number of anilines is 1. The summed E-state index contributed by atoms with van der Waals surface area (Å²) in [4.78, 5) is 22.9. The van der Waals surface area contributed by atoms with Gasteiger partial charge in [0, 0.05) is 48.9 Å². The number of thiophene rings is 1. The third kappa shape index (κ3) is 3.88. The minimum atomic E-state index is 0.225. The van der Waals surface area contributed by atoms with Crippen molar-refractivity contribution in [1.82, 2.24) is 4.90 Å². The molecule has 1 fully saturated rings. The first kappa shape index (κ1) is 18.5. The second kappa shape index (κ2) is 7.27. The van der Waals surface area contributed by atoms with Crippen LogP contribution in [0, 0.1) is 11.3 Å². The topological polar surface area (TPSA) is 37.7 Å². The molecule has 0 saturated carbocycles. The summed E-state index contributed by atoms with van der Waals surface area (Å²) in [6, 6.07) is 6.38. The second-order valence-corrected chi connectivity index (χ2v) is 10.0. The fourth-order valence-electron chi connectivity index (χ4n) is 4.28. The van der Waals surface area contributed by atoms with Crippen LogP contribution in [0.3, 0.4) is 0 Å². The molecule has 2 aromatic rings. The van der Waals surface area contributed by atoms with E-state index in [1.54, 1.807) is 11.3 Å². The average Bonchev–Trinajstić information content (AvgIpc) is 3.11. The molecule has 144 valence electrons. The molecule has 1 aliphatic carbocycles. The molecule has 4 rings (SSSR count). The minimum absolute atomic E-state index is 0.225. The molecule has 1 saturated heterocycles. The summed E-state index contributed by atoms with van der Waals surface area (Å²) >= 11 is 1.74. The Balaban J connectivity index is 1.41. The van der Waals surface area contributed by atoms with Crippen LogP contribution in [-0.4, -0.2) is 37.0 Å². The number of hydrogen-bond acceptors (Lipinski definition) is 3. The third-order valence-electron chi connectivity index (χ3n) is 6.15. The number of carbonyl (C=O) groups is 1. The number of pyridine rings is 1. The van der Waals surface area contributed by atoms with Crippen molar-refractivity contribution in [2.24, 2.45) is 11.3 Å². The molecule has 0 radical (unpaired) electrons. The fourth-order valence-corrected chi connectivity index (χ4v) is 5.46. The summed E-state index contributed by atoms with van der Waals surface area (Å²) in [6.45, 7) is 10.4. The van der Waals surface area contributed by atoms with Crippen molar-refractivity contribution in [1.29, 1.82) is 0 Å². The lowest BCUT2D eigenvalue weighted by atomic mass is 9.72. The number of H-pyrrole nitrogens is 1. The fraction of sp³-hybridized carbons (Fsp3) is 0.545. The van der Waals surface area contributed by atoms with Gasteiger partial charge in [-0.15, -0.1) is 11.3 Å². The monoisotopic (exact) mass is 384 g/mol. The number of nitrogens with one attached hydrogen (secondary N) is 1. The van der Waals surface area contributed by atoms with Crippen LogP contribution in [0.25, 0.3) is 0 Å². The molecule has 0 bridgehead atoms. The van der Waals surface area contributed by atoms with Crippen molar-refractivity contribution in [2.75, 3.05) is 31.1 Å². The Hall–Kier alpha value is -1.88. The van der Waals surface area contributed by atoms with Crippen LogP contribution >= 0.6 is 11.3 Å². The summed E-state index contributed by atoms with van der Waals surface area (Å²) < 4.78 is 0. The molecule has 5 heteroatoms. The van der Waals surface area contributed by atoms with E-state index in [1.165, 1.54) is 22.5 Å². The first-order chi connectivity index (χ1) is 12.9. The van der Waals surface area contributed by atoms with Crippen LogP contribution in [0.1, 0.15) is 47.3 Å². The Morgan fingerprint density at radius 3 is 2.52 bits per heavy atom. The van der Waals surface area contributed by atoms with Crippen molar-refractivity contribution in [3.8, 4) is 0 Å². The number of amides is 1. The zero-order valence-electron chi connectivity index (χ0n) is 16.6. The maximum Gasteiger partial charge on any atom is 0.264 e. The van der Waals surface area contributed by atoms with E-state index in [0.29, 0.717) is 11.3 Å². The largest absolute Gasteiger partial charge is 0.368 e. The van der Waals surface area contributed by atoms with Crippen molar-refractivity contribution in [2.45, 2.75) is 40.0 Å². The Kier molecular flexibility index (Phi) is 4.97. The van der Waals surface area contributed by atoms with Gasteiger partial charge in [-0.05, 0) is 42.2 Å². The van der Waals surface area contributed by atoms with Gasteiger partial charge in [-0.2, -0.15) is 0 Å². The predicted molar refractivity (Wildman–Crippen MR) is 110 cm³/mol. The number of nitrogens with zero attached hydrogens (tertiary/aromatic N) is 2.